The number of nitrogens with zero attached hydrogens (tertiary/aromatic N) is 3. The molecule has 6 nitrogen and oxygen atoms in total. The van der Waals surface area contributed by atoms with E-state index >= 15 is 0 Å². The summed E-state index contributed by atoms with van der Waals surface area (Å²) in [6, 6.07) is 16.7. The van der Waals surface area contributed by atoms with E-state index in [9.17, 15) is 0 Å². The Kier molecular flexibility index (Phi) is 4.09. The second-order valence-corrected chi connectivity index (χ2v) is 7.92. The van der Waals surface area contributed by atoms with E-state index in [1.807, 2.05) is 30.6 Å². The second kappa shape index (κ2) is 7.07. The van der Waals surface area contributed by atoms with Gasteiger partial charge in [-0.1, -0.05) is 18.2 Å². The summed E-state index contributed by atoms with van der Waals surface area (Å²) in [5.74, 6) is 0.511. The van der Waals surface area contributed by atoms with E-state index in [1.54, 1.807) is 0 Å². The molecular weight excluding hydrogens is 372 g/mol. The van der Waals surface area contributed by atoms with Gasteiger partial charge in [-0.3, -0.25) is 15.1 Å². The minimum absolute atomic E-state index is 0.511. The quantitative estimate of drug-likeness (QED) is 0.416. The Bertz CT molecular complexity index is 1330. The maximum atomic E-state index is 4.72. The summed E-state index contributed by atoms with van der Waals surface area (Å²) in [7, 11) is 0. The maximum absolute atomic E-state index is 4.72. The van der Waals surface area contributed by atoms with E-state index in [1.165, 1.54) is 0 Å². The molecule has 0 aliphatic carbocycles. The average molecular weight is 394 g/mol. The summed E-state index contributed by atoms with van der Waals surface area (Å²) in [6.45, 7) is 2.11. The van der Waals surface area contributed by atoms with Crippen LogP contribution in [0, 0.1) is 0 Å². The molecule has 1 aromatic carbocycles. The van der Waals surface area contributed by atoms with Crippen LogP contribution in [0.15, 0.2) is 60.9 Å². The Labute approximate surface area is 173 Å². The molecular formula is C24H22N6. The minimum Gasteiger partial charge on any atom is -0.353 e. The first kappa shape index (κ1) is 17.4. The van der Waals surface area contributed by atoms with Crippen molar-refractivity contribution in [3.8, 4) is 22.6 Å². The van der Waals surface area contributed by atoms with Gasteiger partial charge in [0.15, 0.2) is 0 Å². The highest BCUT2D eigenvalue weighted by molar-refractivity contribution is 6.00. The van der Waals surface area contributed by atoms with Crippen molar-refractivity contribution in [2.45, 2.75) is 18.8 Å². The number of piperidine rings is 1. The molecule has 0 spiro atoms. The van der Waals surface area contributed by atoms with Gasteiger partial charge in [0.25, 0.3) is 0 Å². The Morgan fingerprint density at radius 2 is 1.80 bits per heavy atom. The van der Waals surface area contributed by atoms with Crippen molar-refractivity contribution in [3.05, 3.63) is 66.6 Å². The fraction of sp³-hybridized carbons (Fsp3) is 0.208. The van der Waals surface area contributed by atoms with Crippen LogP contribution in [0.25, 0.3) is 44.5 Å². The third kappa shape index (κ3) is 2.88. The molecule has 0 atom stereocenters. The topological polar surface area (TPSA) is 82.3 Å². The van der Waals surface area contributed by atoms with Crippen LogP contribution >= 0.6 is 0 Å². The molecule has 148 valence electrons. The van der Waals surface area contributed by atoms with Gasteiger partial charge in [0, 0.05) is 39.7 Å². The van der Waals surface area contributed by atoms with Crippen LogP contribution in [0.1, 0.15) is 24.5 Å². The van der Waals surface area contributed by atoms with Crippen molar-refractivity contribution >= 4 is 21.8 Å². The lowest BCUT2D eigenvalue weighted by Crippen LogP contribution is -2.27. The van der Waals surface area contributed by atoms with Crippen LogP contribution in [0.5, 0.6) is 0 Å². The number of aromatic amines is 2. The van der Waals surface area contributed by atoms with Crippen LogP contribution in [0.3, 0.4) is 0 Å². The number of nitrogens with one attached hydrogen (secondary N) is 3. The van der Waals surface area contributed by atoms with Crippen LogP contribution in [-0.2, 0) is 0 Å². The molecule has 5 heterocycles. The molecule has 1 fully saturated rings. The second-order valence-electron chi connectivity index (χ2n) is 7.92. The number of pyridine rings is 2. The number of H-pyrrole nitrogens is 2. The zero-order valence-corrected chi connectivity index (χ0v) is 16.5. The third-order valence-electron chi connectivity index (χ3n) is 6.09. The highest BCUT2D eigenvalue weighted by atomic mass is 15.1. The lowest BCUT2D eigenvalue weighted by atomic mass is 9.93. The largest absolute Gasteiger partial charge is 0.353 e. The van der Waals surface area contributed by atoms with Gasteiger partial charge in [-0.2, -0.15) is 5.10 Å². The van der Waals surface area contributed by atoms with Crippen molar-refractivity contribution in [2.75, 3.05) is 13.1 Å². The molecule has 0 bridgehead atoms. The van der Waals surface area contributed by atoms with Gasteiger partial charge in [-0.05, 0) is 56.3 Å². The number of fused-ring (bicyclic) bond motifs is 2. The summed E-state index contributed by atoms with van der Waals surface area (Å²) in [4.78, 5) is 12.8. The van der Waals surface area contributed by atoms with E-state index in [2.05, 4.69) is 55.8 Å². The summed E-state index contributed by atoms with van der Waals surface area (Å²) < 4.78 is 0. The normalized spacial score (nSPS) is 15.2. The summed E-state index contributed by atoms with van der Waals surface area (Å²) in [6.07, 6.45) is 6.01. The molecule has 1 aliphatic rings. The average Bonchev–Trinajstić information content (AvgIpc) is 3.43. The lowest BCUT2D eigenvalue weighted by molar-refractivity contribution is 0.453. The summed E-state index contributed by atoms with van der Waals surface area (Å²) in [5.41, 5.74) is 7.23. The fourth-order valence-electron chi connectivity index (χ4n) is 4.51. The molecule has 4 aromatic heterocycles. The molecule has 0 unspecified atom stereocenters. The van der Waals surface area contributed by atoms with Crippen molar-refractivity contribution in [1.29, 1.82) is 0 Å². The van der Waals surface area contributed by atoms with Gasteiger partial charge >= 0.3 is 0 Å². The monoisotopic (exact) mass is 394 g/mol. The first-order valence-corrected chi connectivity index (χ1v) is 10.4. The number of hydrogen-bond acceptors (Lipinski definition) is 4. The van der Waals surface area contributed by atoms with Crippen molar-refractivity contribution in [2.24, 2.45) is 0 Å². The lowest BCUT2D eigenvalue weighted by Gasteiger charge is -2.22. The van der Waals surface area contributed by atoms with Crippen LogP contribution in [-0.4, -0.2) is 38.2 Å². The standard InChI is InChI=1S/C24H22N6/c1-2-9-26-19(5-1)16-4-3-6-20-17(16)12-22(28-20)24-18-13-21(15-7-10-25-11-8-15)27-14-23(18)29-30-24/h1-6,9,12-15,25,28H,7-8,10-11H2,(H,29,30). The fourth-order valence-corrected chi connectivity index (χ4v) is 4.51. The molecule has 6 rings (SSSR count). The highest BCUT2D eigenvalue weighted by Crippen LogP contribution is 2.34. The zero-order chi connectivity index (χ0) is 19.9. The Balaban J connectivity index is 1.47. The number of benzene rings is 1. The predicted molar refractivity (Wildman–Crippen MR) is 119 cm³/mol. The minimum atomic E-state index is 0.511. The SMILES string of the molecule is c1ccc(-c2cccc3[nH]c(-c4n[nH]c5cnc(C6CCNCC6)cc45)cc23)nc1. The molecule has 5 aromatic rings. The molecule has 30 heavy (non-hydrogen) atoms. The third-order valence-corrected chi connectivity index (χ3v) is 6.09. The van der Waals surface area contributed by atoms with E-state index in [4.69, 9.17) is 4.98 Å². The van der Waals surface area contributed by atoms with E-state index in [0.717, 1.165) is 76.1 Å². The molecule has 1 saturated heterocycles. The highest BCUT2D eigenvalue weighted by Gasteiger charge is 2.19. The van der Waals surface area contributed by atoms with Crippen molar-refractivity contribution < 1.29 is 0 Å². The summed E-state index contributed by atoms with van der Waals surface area (Å²) >= 11 is 0. The molecule has 0 saturated carbocycles. The van der Waals surface area contributed by atoms with Crippen molar-refractivity contribution in [3.63, 3.8) is 0 Å². The van der Waals surface area contributed by atoms with E-state index in [-0.39, 0.29) is 0 Å². The Morgan fingerprint density at radius 3 is 2.67 bits per heavy atom. The molecule has 6 heteroatoms. The summed E-state index contributed by atoms with van der Waals surface area (Å²) in [5, 5.41) is 13.5. The zero-order valence-electron chi connectivity index (χ0n) is 16.5. The first-order valence-electron chi connectivity index (χ1n) is 10.4. The van der Waals surface area contributed by atoms with Gasteiger partial charge in [-0.25, -0.2) is 0 Å². The van der Waals surface area contributed by atoms with Gasteiger partial charge < -0.3 is 10.3 Å². The van der Waals surface area contributed by atoms with Crippen LogP contribution in [0.4, 0.5) is 0 Å². The number of hydrogen-bond donors (Lipinski definition) is 3. The number of aromatic nitrogens is 5. The van der Waals surface area contributed by atoms with Crippen LogP contribution < -0.4 is 5.32 Å². The van der Waals surface area contributed by atoms with Gasteiger partial charge in [-0.15, -0.1) is 0 Å². The molecule has 0 amide bonds. The van der Waals surface area contributed by atoms with Gasteiger partial charge in [0.2, 0.25) is 0 Å². The Morgan fingerprint density at radius 1 is 0.867 bits per heavy atom. The van der Waals surface area contributed by atoms with Gasteiger partial charge in [0.05, 0.1) is 23.1 Å². The van der Waals surface area contributed by atoms with Gasteiger partial charge in [0.1, 0.15) is 5.69 Å². The molecule has 1 aliphatic heterocycles. The van der Waals surface area contributed by atoms with Crippen LogP contribution in [0.2, 0.25) is 0 Å². The molecule has 3 N–H and O–H groups in total. The van der Waals surface area contributed by atoms with E-state index < -0.39 is 0 Å². The van der Waals surface area contributed by atoms with E-state index in [0.29, 0.717) is 5.92 Å². The van der Waals surface area contributed by atoms with Crippen molar-refractivity contribution in [1.82, 2.24) is 30.5 Å². The number of rotatable bonds is 3. The smallest absolute Gasteiger partial charge is 0.116 e. The Hall–Kier alpha value is -3.51. The predicted octanol–water partition coefficient (Wildman–Crippen LogP) is 4.64. The maximum Gasteiger partial charge on any atom is 0.116 e. The first-order chi connectivity index (χ1) is 14.9. The molecule has 0 radical (unpaired) electrons.